The third kappa shape index (κ3) is 4.01. The quantitative estimate of drug-likeness (QED) is 0.805. The van der Waals surface area contributed by atoms with Crippen LogP contribution in [0.15, 0.2) is 34.0 Å². The summed E-state index contributed by atoms with van der Waals surface area (Å²) >= 11 is 0. The summed E-state index contributed by atoms with van der Waals surface area (Å²) in [4.78, 5) is 12.8. The molecule has 8 heteroatoms. The minimum atomic E-state index is -3.42. The van der Waals surface area contributed by atoms with Gasteiger partial charge in [-0.15, -0.1) is 0 Å². The second-order valence-corrected chi connectivity index (χ2v) is 9.40. The van der Waals surface area contributed by atoms with Crippen LogP contribution in [0.5, 0.6) is 0 Å². The molecule has 138 valence electrons. The smallest absolute Gasteiger partial charge is 0.279 e. The summed E-state index contributed by atoms with van der Waals surface area (Å²) in [5.74, 6) is 0.673. The molecule has 0 spiro atoms. The third-order valence-electron chi connectivity index (χ3n) is 4.01. The number of nitrogens with zero attached hydrogens (tertiary/aromatic N) is 4. The zero-order valence-corrected chi connectivity index (χ0v) is 16.5. The van der Waals surface area contributed by atoms with Gasteiger partial charge in [-0.25, -0.2) is 22.2 Å². The van der Waals surface area contributed by atoms with E-state index in [9.17, 15) is 13.2 Å². The van der Waals surface area contributed by atoms with E-state index in [1.165, 1.54) is 23.1 Å². The average Bonchev–Trinajstić information content (AvgIpc) is 2.80. The molecule has 0 unspecified atom stereocenters. The average molecular weight is 366 g/mol. The molecular weight excluding hydrogens is 340 g/mol. The largest absolute Gasteiger partial charge is 0.346 e. The van der Waals surface area contributed by atoms with E-state index in [-0.39, 0.29) is 16.1 Å². The number of benzene rings is 1. The molecule has 0 fully saturated rings. The first-order valence-electron chi connectivity index (χ1n) is 8.13. The number of rotatable bonds is 5. The summed E-state index contributed by atoms with van der Waals surface area (Å²) in [7, 11) is -0.412. The Bertz CT molecular complexity index is 901. The van der Waals surface area contributed by atoms with Crippen LogP contribution in [-0.4, -0.2) is 41.2 Å². The van der Waals surface area contributed by atoms with Crippen LogP contribution in [-0.2, 0) is 28.5 Å². The molecule has 2 aromatic rings. The first-order valence-corrected chi connectivity index (χ1v) is 9.57. The van der Waals surface area contributed by atoms with Gasteiger partial charge in [0.25, 0.3) is 0 Å². The van der Waals surface area contributed by atoms with Gasteiger partial charge in [0.05, 0.1) is 10.4 Å². The standard InChI is InChI=1S/C17H26N4O3S/c1-13-18-21(17(2,3)4)16(22)20(13)12-11-14-7-9-15(10-8-14)25(23,24)19(5)6/h7-10H,11-12H2,1-6H3. The summed E-state index contributed by atoms with van der Waals surface area (Å²) in [5.41, 5.74) is 0.472. The van der Waals surface area contributed by atoms with E-state index in [1.807, 2.05) is 27.7 Å². The van der Waals surface area contributed by atoms with Gasteiger partial charge >= 0.3 is 5.69 Å². The first kappa shape index (κ1) is 19.4. The Morgan fingerprint density at radius 3 is 2.12 bits per heavy atom. The maximum atomic E-state index is 12.5. The van der Waals surface area contributed by atoms with Gasteiger partial charge < -0.3 is 0 Å². The zero-order chi connectivity index (χ0) is 19.0. The maximum absolute atomic E-state index is 12.5. The minimum Gasteiger partial charge on any atom is -0.279 e. The molecule has 0 aliphatic rings. The molecule has 0 saturated carbocycles. The van der Waals surface area contributed by atoms with Gasteiger partial charge in [0.1, 0.15) is 5.82 Å². The van der Waals surface area contributed by atoms with Crippen molar-refractivity contribution in [3.05, 3.63) is 46.1 Å². The van der Waals surface area contributed by atoms with Crippen molar-refractivity contribution in [3.8, 4) is 0 Å². The highest BCUT2D eigenvalue weighted by atomic mass is 32.2. The number of sulfonamides is 1. The van der Waals surface area contributed by atoms with E-state index >= 15 is 0 Å². The van der Waals surface area contributed by atoms with Crippen molar-refractivity contribution in [2.45, 2.75) is 51.1 Å². The van der Waals surface area contributed by atoms with E-state index in [4.69, 9.17) is 0 Å². The van der Waals surface area contributed by atoms with Crippen LogP contribution in [0.25, 0.3) is 0 Å². The van der Waals surface area contributed by atoms with Gasteiger partial charge in [-0.2, -0.15) is 5.10 Å². The van der Waals surface area contributed by atoms with Crippen molar-refractivity contribution < 1.29 is 8.42 Å². The number of hydrogen-bond acceptors (Lipinski definition) is 4. The topological polar surface area (TPSA) is 77.2 Å². The van der Waals surface area contributed by atoms with Crippen molar-refractivity contribution in [2.24, 2.45) is 0 Å². The predicted octanol–water partition coefficient (Wildman–Crippen LogP) is 1.60. The highest BCUT2D eigenvalue weighted by Crippen LogP contribution is 2.15. The molecule has 0 aliphatic heterocycles. The summed E-state index contributed by atoms with van der Waals surface area (Å²) in [6.45, 7) is 8.14. The molecule has 1 aromatic carbocycles. The van der Waals surface area contributed by atoms with Crippen LogP contribution in [0.4, 0.5) is 0 Å². The van der Waals surface area contributed by atoms with E-state index in [0.717, 1.165) is 5.56 Å². The fourth-order valence-corrected chi connectivity index (χ4v) is 3.37. The molecule has 7 nitrogen and oxygen atoms in total. The number of aryl methyl sites for hydroxylation is 2. The van der Waals surface area contributed by atoms with Crippen molar-refractivity contribution >= 4 is 10.0 Å². The lowest BCUT2D eigenvalue weighted by Crippen LogP contribution is -2.36. The van der Waals surface area contributed by atoms with Crippen LogP contribution >= 0.6 is 0 Å². The van der Waals surface area contributed by atoms with Crippen molar-refractivity contribution in [1.29, 1.82) is 0 Å². The third-order valence-corrected chi connectivity index (χ3v) is 5.84. The van der Waals surface area contributed by atoms with Gasteiger partial charge in [0, 0.05) is 20.6 Å². The SMILES string of the molecule is Cc1nn(C(C)(C)C)c(=O)n1CCc1ccc(S(=O)(=O)N(C)C)cc1. The molecule has 1 heterocycles. The first-order chi connectivity index (χ1) is 11.4. The van der Waals surface area contributed by atoms with Crippen molar-refractivity contribution in [3.63, 3.8) is 0 Å². The molecule has 2 rings (SSSR count). The number of hydrogen-bond donors (Lipinski definition) is 0. The Kier molecular flexibility index (Phi) is 5.24. The molecule has 1 aromatic heterocycles. The lowest BCUT2D eigenvalue weighted by atomic mass is 10.1. The van der Waals surface area contributed by atoms with Crippen LogP contribution in [0, 0.1) is 6.92 Å². The predicted molar refractivity (Wildman–Crippen MR) is 97.2 cm³/mol. The Morgan fingerprint density at radius 2 is 1.68 bits per heavy atom. The summed E-state index contributed by atoms with van der Waals surface area (Å²) in [6.07, 6.45) is 0.624. The van der Waals surface area contributed by atoms with Crippen LogP contribution < -0.4 is 5.69 Å². The normalized spacial score (nSPS) is 12.8. The van der Waals surface area contributed by atoms with Crippen molar-refractivity contribution in [1.82, 2.24) is 18.7 Å². The molecule has 0 N–H and O–H groups in total. The fourth-order valence-electron chi connectivity index (χ4n) is 2.47. The van der Waals surface area contributed by atoms with Gasteiger partial charge in [-0.3, -0.25) is 4.57 Å². The monoisotopic (exact) mass is 366 g/mol. The fraction of sp³-hybridized carbons (Fsp3) is 0.529. The Labute approximate surface area is 148 Å². The summed E-state index contributed by atoms with van der Waals surface area (Å²) in [6, 6.07) is 6.76. The second-order valence-electron chi connectivity index (χ2n) is 7.25. The molecule has 0 atom stereocenters. The summed E-state index contributed by atoms with van der Waals surface area (Å²) < 4.78 is 28.5. The highest BCUT2D eigenvalue weighted by molar-refractivity contribution is 7.89. The maximum Gasteiger partial charge on any atom is 0.346 e. The second kappa shape index (κ2) is 6.76. The molecule has 0 saturated heterocycles. The van der Waals surface area contributed by atoms with Gasteiger partial charge in [0.2, 0.25) is 10.0 Å². The Balaban J connectivity index is 2.18. The Morgan fingerprint density at radius 1 is 1.12 bits per heavy atom. The summed E-state index contributed by atoms with van der Waals surface area (Å²) in [5, 5.41) is 4.34. The lowest BCUT2D eigenvalue weighted by Gasteiger charge is -2.16. The molecule has 25 heavy (non-hydrogen) atoms. The van der Waals surface area contributed by atoms with Crippen LogP contribution in [0.1, 0.15) is 32.2 Å². The molecule has 0 amide bonds. The lowest BCUT2D eigenvalue weighted by molar-refractivity contribution is 0.339. The van der Waals surface area contributed by atoms with Gasteiger partial charge in [-0.05, 0) is 51.8 Å². The highest BCUT2D eigenvalue weighted by Gasteiger charge is 2.21. The van der Waals surface area contributed by atoms with Crippen LogP contribution in [0.2, 0.25) is 0 Å². The zero-order valence-electron chi connectivity index (χ0n) is 15.6. The van der Waals surface area contributed by atoms with Gasteiger partial charge in [0.15, 0.2) is 0 Å². The van der Waals surface area contributed by atoms with E-state index in [1.54, 1.807) is 28.8 Å². The molecule has 0 bridgehead atoms. The van der Waals surface area contributed by atoms with E-state index in [2.05, 4.69) is 5.10 Å². The Hall–Kier alpha value is -1.93. The number of aromatic nitrogens is 3. The molecular formula is C17H26N4O3S. The minimum absolute atomic E-state index is 0.128. The van der Waals surface area contributed by atoms with E-state index < -0.39 is 10.0 Å². The van der Waals surface area contributed by atoms with Crippen molar-refractivity contribution in [2.75, 3.05) is 14.1 Å². The molecule has 0 aliphatic carbocycles. The molecule has 0 radical (unpaired) electrons. The van der Waals surface area contributed by atoms with E-state index in [0.29, 0.717) is 18.8 Å². The van der Waals surface area contributed by atoms with Gasteiger partial charge in [-0.1, -0.05) is 12.1 Å². The van der Waals surface area contributed by atoms with Crippen LogP contribution in [0.3, 0.4) is 0 Å².